The van der Waals surface area contributed by atoms with Crippen LogP contribution in [0.4, 0.5) is 5.00 Å². The Morgan fingerprint density at radius 1 is 1.32 bits per heavy atom. The number of nitrogens with two attached hydrogens (primary N) is 1. The second kappa shape index (κ2) is 8.06. The van der Waals surface area contributed by atoms with E-state index < -0.39 is 5.91 Å². The minimum absolute atomic E-state index is 0.194. The summed E-state index contributed by atoms with van der Waals surface area (Å²) >= 11 is 4.37. The number of primary amides is 1. The number of carbonyl (C=O) groups is 2. The first-order chi connectivity index (χ1) is 13.5. The van der Waals surface area contributed by atoms with Gasteiger partial charge in [0.1, 0.15) is 10.8 Å². The van der Waals surface area contributed by atoms with Crippen molar-refractivity contribution in [1.29, 1.82) is 0 Å². The molecule has 3 aromatic heterocycles. The van der Waals surface area contributed by atoms with Gasteiger partial charge in [-0.2, -0.15) is 0 Å². The highest BCUT2D eigenvalue weighted by Crippen LogP contribution is 2.40. The van der Waals surface area contributed by atoms with E-state index in [1.165, 1.54) is 28.0 Å². The first-order valence-corrected chi connectivity index (χ1v) is 11.5. The molecule has 1 unspecified atom stereocenters. The lowest BCUT2D eigenvalue weighted by molar-refractivity contribution is -0.115. The molecule has 146 valence electrons. The number of hydrogen-bond acceptors (Lipinski definition) is 7. The molecule has 0 aliphatic heterocycles. The van der Waals surface area contributed by atoms with Crippen LogP contribution in [0.15, 0.2) is 34.1 Å². The third kappa shape index (κ3) is 4.13. The quantitative estimate of drug-likeness (QED) is 0.529. The second-order valence-corrected chi connectivity index (χ2v) is 9.79. The van der Waals surface area contributed by atoms with Crippen molar-refractivity contribution in [3.8, 4) is 0 Å². The molecule has 0 saturated heterocycles. The summed E-state index contributed by atoms with van der Waals surface area (Å²) in [5, 5.41) is 16.2. The van der Waals surface area contributed by atoms with Gasteiger partial charge in [-0.1, -0.05) is 17.8 Å². The zero-order valence-corrected chi connectivity index (χ0v) is 17.6. The summed E-state index contributed by atoms with van der Waals surface area (Å²) in [6.07, 6.45) is 2.97. The Labute approximate surface area is 174 Å². The van der Waals surface area contributed by atoms with Gasteiger partial charge >= 0.3 is 0 Å². The molecule has 1 fully saturated rings. The highest BCUT2D eigenvalue weighted by molar-refractivity contribution is 8.00. The van der Waals surface area contributed by atoms with Gasteiger partial charge < -0.3 is 15.6 Å². The minimum atomic E-state index is -0.552. The largest absolute Gasteiger partial charge is 0.366 e. The molecular weight excluding hydrogens is 414 g/mol. The minimum Gasteiger partial charge on any atom is -0.366 e. The van der Waals surface area contributed by atoms with Crippen molar-refractivity contribution in [2.24, 2.45) is 5.73 Å². The van der Waals surface area contributed by atoms with Crippen LogP contribution >= 0.6 is 34.4 Å². The fourth-order valence-corrected chi connectivity index (χ4v) is 5.24. The van der Waals surface area contributed by atoms with Crippen LogP contribution in [0, 0.1) is 0 Å². The molecule has 2 amide bonds. The number of anilines is 1. The smallest absolute Gasteiger partial charge is 0.251 e. The molecule has 28 heavy (non-hydrogen) atoms. The average Bonchev–Trinajstić information content (AvgIpc) is 3.06. The summed E-state index contributed by atoms with van der Waals surface area (Å²) in [5.41, 5.74) is 5.67. The van der Waals surface area contributed by atoms with E-state index in [1.54, 1.807) is 22.8 Å². The van der Waals surface area contributed by atoms with Crippen molar-refractivity contribution in [2.45, 2.75) is 42.6 Å². The molecule has 1 atom stereocenters. The van der Waals surface area contributed by atoms with Crippen LogP contribution in [0.25, 0.3) is 0 Å². The molecule has 1 aliphatic rings. The summed E-state index contributed by atoms with van der Waals surface area (Å²) < 4.78 is 2.17. The van der Waals surface area contributed by atoms with Gasteiger partial charge in [-0.05, 0) is 42.7 Å². The molecule has 0 aromatic carbocycles. The Kier molecular flexibility index (Phi) is 5.51. The predicted octanol–water partition coefficient (Wildman–Crippen LogP) is 3.55. The van der Waals surface area contributed by atoms with E-state index in [0.717, 1.165) is 30.2 Å². The summed E-state index contributed by atoms with van der Waals surface area (Å²) in [7, 11) is 0. The molecule has 10 heteroatoms. The molecular formula is C18H19N5O2S3. The van der Waals surface area contributed by atoms with Crippen LogP contribution in [0.1, 0.15) is 46.9 Å². The summed E-state index contributed by atoms with van der Waals surface area (Å²) in [5.74, 6) is 0.193. The van der Waals surface area contributed by atoms with E-state index in [4.69, 9.17) is 5.73 Å². The number of rotatable bonds is 8. The van der Waals surface area contributed by atoms with Crippen LogP contribution in [-0.2, 0) is 11.2 Å². The zero-order chi connectivity index (χ0) is 19.7. The van der Waals surface area contributed by atoms with Gasteiger partial charge in [-0.3, -0.25) is 9.59 Å². The zero-order valence-electron chi connectivity index (χ0n) is 15.1. The first-order valence-electron chi connectivity index (χ1n) is 8.84. The fraction of sp³-hybridized carbons (Fsp3) is 0.333. The maximum absolute atomic E-state index is 12.6. The van der Waals surface area contributed by atoms with Gasteiger partial charge in [0.05, 0.1) is 10.8 Å². The summed E-state index contributed by atoms with van der Waals surface area (Å²) in [4.78, 5) is 25.3. The third-order valence-corrected chi connectivity index (χ3v) is 7.14. The van der Waals surface area contributed by atoms with E-state index in [9.17, 15) is 9.59 Å². The van der Waals surface area contributed by atoms with Crippen LogP contribution < -0.4 is 11.1 Å². The molecule has 1 aliphatic carbocycles. The van der Waals surface area contributed by atoms with Crippen LogP contribution in [0.2, 0.25) is 0 Å². The lowest BCUT2D eigenvalue weighted by Gasteiger charge is -2.13. The Morgan fingerprint density at radius 3 is 2.82 bits per heavy atom. The fourth-order valence-electron chi connectivity index (χ4n) is 2.80. The van der Waals surface area contributed by atoms with Crippen LogP contribution in [0.5, 0.6) is 0 Å². The van der Waals surface area contributed by atoms with Gasteiger partial charge in [0.2, 0.25) is 5.91 Å². The normalized spacial score (nSPS) is 14.8. The van der Waals surface area contributed by atoms with Crippen molar-refractivity contribution in [3.63, 3.8) is 0 Å². The van der Waals surface area contributed by atoms with Crippen molar-refractivity contribution in [1.82, 2.24) is 14.8 Å². The van der Waals surface area contributed by atoms with E-state index in [2.05, 4.69) is 31.5 Å². The molecule has 1 saturated carbocycles. The lowest BCUT2D eigenvalue weighted by Crippen LogP contribution is -2.24. The highest BCUT2D eigenvalue weighted by Gasteiger charge is 2.31. The maximum Gasteiger partial charge on any atom is 0.251 e. The summed E-state index contributed by atoms with van der Waals surface area (Å²) in [6, 6.07) is 6.16. The number of thioether (sulfide) groups is 1. The number of nitrogens with one attached hydrogen (secondary N) is 1. The van der Waals surface area contributed by atoms with E-state index in [1.807, 2.05) is 13.0 Å². The van der Waals surface area contributed by atoms with Gasteiger partial charge in [0.25, 0.3) is 5.91 Å². The molecule has 3 N–H and O–H groups in total. The Hall–Kier alpha value is -2.17. The topological polar surface area (TPSA) is 103 Å². The Morgan fingerprint density at radius 2 is 2.14 bits per heavy atom. The molecule has 0 spiro atoms. The van der Waals surface area contributed by atoms with Crippen molar-refractivity contribution in [2.75, 3.05) is 5.32 Å². The Balaban J connectivity index is 1.47. The number of amides is 2. The van der Waals surface area contributed by atoms with Gasteiger partial charge in [0.15, 0.2) is 5.16 Å². The predicted molar refractivity (Wildman–Crippen MR) is 112 cm³/mol. The van der Waals surface area contributed by atoms with Crippen molar-refractivity contribution in [3.05, 3.63) is 45.2 Å². The maximum atomic E-state index is 12.6. The van der Waals surface area contributed by atoms with E-state index in [-0.39, 0.29) is 11.2 Å². The SMILES string of the molecule is CC(Sc1nnc(Cc2cccs2)n1C1CC1)C(=O)Nc1sccc1C(N)=O. The molecule has 0 radical (unpaired) electrons. The molecule has 4 rings (SSSR count). The molecule has 0 bridgehead atoms. The van der Waals surface area contributed by atoms with E-state index in [0.29, 0.717) is 16.6 Å². The average molecular weight is 434 g/mol. The van der Waals surface area contributed by atoms with Crippen LogP contribution in [-0.4, -0.2) is 31.8 Å². The highest BCUT2D eigenvalue weighted by atomic mass is 32.2. The number of carbonyl (C=O) groups excluding carboxylic acids is 2. The van der Waals surface area contributed by atoms with Gasteiger partial charge in [0, 0.05) is 17.3 Å². The van der Waals surface area contributed by atoms with Gasteiger partial charge in [-0.25, -0.2) is 0 Å². The molecule has 7 nitrogen and oxygen atoms in total. The lowest BCUT2D eigenvalue weighted by atomic mass is 10.3. The third-order valence-electron chi connectivity index (χ3n) is 4.38. The van der Waals surface area contributed by atoms with Crippen molar-refractivity contribution >= 4 is 51.3 Å². The number of aromatic nitrogens is 3. The van der Waals surface area contributed by atoms with Crippen molar-refractivity contribution < 1.29 is 9.59 Å². The second-order valence-electron chi connectivity index (χ2n) is 6.53. The van der Waals surface area contributed by atoms with Crippen LogP contribution in [0.3, 0.4) is 0 Å². The standard InChI is InChI=1S/C18H19N5O2S3/c1-10(16(25)20-17-13(15(19)24)6-8-27-17)28-18-22-21-14(23(18)11-4-5-11)9-12-3-2-7-26-12/h2-3,6-8,10-11H,4-5,9H2,1H3,(H2,19,24)(H,20,25). The van der Waals surface area contributed by atoms with Gasteiger partial charge in [-0.15, -0.1) is 32.9 Å². The molecule has 3 heterocycles. The number of hydrogen-bond donors (Lipinski definition) is 2. The molecule has 3 aromatic rings. The van der Waals surface area contributed by atoms with E-state index >= 15 is 0 Å². The number of thiophene rings is 2. The number of nitrogens with zero attached hydrogens (tertiary/aromatic N) is 3. The Bertz CT molecular complexity index is 991. The first kappa shape index (κ1) is 19.2. The monoisotopic (exact) mass is 433 g/mol. The summed E-state index contributed by atoms with van der Waals surface area (Å²) in [6.45, 7) is 1.82.